The number of carbonyl (C=O) groups is 1. The van der Waals surface area contributed by atoms with Gasteiger partial charge in [-0.25, -0.2) is 0 Å². The van der Waals surface area contributed by atoms with Gasteiger partial charge in [0.1, 0.15) is 0 Å². The number of carbonyl (C=O) groups excluding carboxylic acids is 1. The molecule has 3 N–H and O–H groups in total. The first-order chi connectivity index (χ1) is 8.65. The van der Waals surface area contributed by atoms with Gasteiger partial charge < -0.3 is 11.1 Å². The van der Waals surface area contributed by atoms with E-state index in [9.17, 15) is 4.79 Å². The Morgan fingerprint density at radius 3 is 2.83 bits per heavy atom. The van der Waals surface area contributed by atoms with Crippen molar-refractivity contribution in [2.24, 2.45) is 11.7 Å². The van der Waals surface area contributed by atoms with Crippen LogP contribution in [0.25, 0.3) is 0 Å². The Bertz CT molecular complexity index is 396. The van der Waals surface area contributed by atoms with Crippen molar-refractivity contribution in [3.63, 3.8) is 0 Å². The Morgan fingerprint density at radius 1 is 1.50 bits per heavy atom. The maximum absolute atomic E-state index is 11.9. The van der Waals surface area contributed by atoms with Crippen LogP contribution in [0.4, 0.5) is 5.69 Å². The van der Waals surface area contributed by atoms with E-state index in [4.69, 9.17) is 5.73 Å². The van der Waals surface area contributed by atoms with E-state index < -0.39 is 6.04 Å². The number of nitrogens with zero attached hydrogens (tertiary/aromatic N) is 1. The van der Waals surface area contributed by atoms with Crippen LogP contribution < -0.4 is 11.1 Å². The van der Waals surface area contributed by atoms with E-state index in [-0.39, 0.29) is 5.91 Å². The van der Waals surface area contributed by atoms with Crippen LogP contribution in [0.5, 0.6) is 0 Å². The van der Waals surface area contributed by atoms with Crippen molar-refractivity contribution in [3.05, 3.63) is 24.0 Å². The average Bonchev–Trinajstić information content (AvgIpc) is 2.85. The van der Waals surface area contributed by atoms with E-state index in [2.05, 4.69) is 10.3 Å². The molecule has 1 fully saturated rings. The first-order valence-corrected chi connectivity index (χ1v) is 6.64. The second kappa shape index (κ2) is 5.96. The van der Waals surface area contributed by atoms with Crippen LogP contribution >= 0.6 is 0 Å². The number of amides is 1. The van der Waals surface area contributed by atoms with Gasteiger partial charge in [-0.1, -0.05) is 25.7 Å². The van der Waals surface area contributed by atoms with Crippen molar-refractivity contribution in [1.29, 1.82) is 0 Å². The summed E-state index contributed by atoms with van der Waals surface area (Å²) in [6.45, 7) is 1.91. The molecule has 1 aromatic rings. The smallest absolute Gasteiger partial charge is 0.241 e. The van der Waals surface area contributed by atoms with Gasteiger partial charge in [-0.3, -0.25) is 9.78 Å². The van der Waals surface area contributed by atoms with Crippen molar-refractivity contribution in [2.75, 3.05) is 5.32 Å². The number of pyridine rings is 1. The number of aryl methyl sites for hydroxylation is 1. The molecule has 2 rings (SSSR count). The lowest BCUT2D eigenvalue weighted by molar-refractivity contribution is -0.117. The van der Waals surface area contributed by atoms with Crippen molar-refractivity contribution in [2.45, 2.75) is 45.1 Å². The van der Waals surface area contributed by atoms with Gasteiger partial charge >= 0.3 is 0 Å². The van der Waals surface area contributed by atoms with E-state index in [0.29, 0.717) is 11.6 Å². The van der Waals surface area contributed by atoms with Gasteiger partial charge in [-0.05, 0) is 31.4 Å². The van der Waals surface area contributed by atoms with E-state index in [1.165, 1.54) is 25.7 Å². The molecule has 18 heavy (non-hydrogen) atoms. The van der Waals surface area contributed by atoms with Crippen LogP contribution in [0.3, 0.4) is 0 Å². The molecule has 1 amide bonds. The third-order valence-corrected chi connectivity index (χ3v) is 3.58. The van der Waals surface area contributed by atoms with Crippen LogP contribution in [0, 0.1) is 12.8 Å². The molecule has 98 valence electrons. The highest BCUT2D eigenvalue weighted by molar-refractivity contribution is 5.94. The molecule has 1 aliphatic carbocycles. The maximum atomic E-state index is 11.9. The topological polar surface area (TPSA) is 68.0 Å². The lowest BCUT2D eigenvalue weighted by Gasteiger charge is -2.16. The van der Waals surface area contributed by atoms with Gasteiger partial charge in [-0.2, -0.15) is 0 Å². The van der Waals surface area contributed by atoms with Crippen molar-refractivity contribution in [3.8, 4) is 0 Å². The zero-order chi connectivity index (χ0) is 13.0. The summed E-state index contributed by atoms with van der Waals surface area (Å²) >= 11 is 0. The van der Waals surface area contributed by atoms with Crippen LogP contribution in [-0.2, 0) is 4.79 Å². The zero-order valence-electron chi connectivity index (χ0n) is 10.9. The van der Waals surface area contributed by atoms with Crippen LogP contribution in [0.1, 0.15) is 37.8 Å². The quantitative estimate of drug-likeness (QED) is 0.857. The molecule has 4 heteroatoms. The summed E-state index contributed by atoms with van der Waals surface area (Å²) in [5.41, 5.74) is 7.59. The Kier molecular flexibility index (Phi) is 4.31. The Labute approximate surface area is 108 Å². The summed E-state index contributed by atoms with van der Waals surface area (Å²) in [5.74, 6) is 0.523. The summed E-state index contributed by atoms with van der Waals surface area (Å²) in [5, 5.41) is 2.82. The summed E-state index contributed by atoms with van der Waals surface area (Å²) in [7, 11) is 0. The third-order valence-electron chi connectivity index (χ3n) is 3.58. The van der Waals surface area contributed by atoms with Crippen LogP contribution in [0.15, 0.2) is 18.3 Å². The van der Waals surface area contributed by atoms with Crippen molar-refractivity contribution < 1.29 is 4.79 Å². The number of hydrogen-bond acceptors (Lipinski definition) is 3. The van der Waals surface area contributed by atoms with Gasteiger partial charge in [0.25, 0.3) is 0 Å². The molecule has 1 atom stereocenters. The number of nitrogens with two attached hydrogens (primary N) is 1. The minimum atomic E-state index is -0.408. The summed E-state index contributed by atoms with van der Waals surface area (Å²) in [6, 6.07) is 3.31. The number of rotatable bonds is 4. The van der Waals surface area contributed by atoms with Gasteiger partial charge in [0.05, 0.1) is 17.9 Å². The summed E-state index contributed by atoms with van der Waals surface area (Å²) in [6.07, 6.45) is 7.45. The Balaban J connectivity index is 1.84. The number of nitrogens with one attached hydrogen (secondary N) is 1. The van der Waals surface area contributed by atoms with Crippen molar-refractivity contribution in [1.82, 2.24) is 4.98 Å². The lowest BCUT2D eigenvalue weighted by Crippen LogP contribution is -2.37. The van der Waals surface area contributed by atoms with Crippen LogP contribution in [0.2, 0.25) is 0 Å². The maximum Gasteiger partial charge on any atom is 0.241 e. The number of hydrogen-bond donors (Lipinski definition) is 2. The molecule has 1 aliphatic rings. The molecule has 4 nitrogen and oxygen atoms in total. The fraction of sp³-hybridized carbons (Fsp3) is 0.571. The second-order valence-electron chi connectivity index (χ2n) is 5.17. The van der Waals surface area contributed by atoms with Crippen LogP contribution in [-0.4, -0.2) is 16.9 Å². The summed E-state index contributed by atoms with van der Waals surface area (Å²) in [4.78, 5) is 16.1. The fourth-order valence-electron chi connectivity index (χ4n) is 2.49. The predicted octanol–water partition coefficient (Wildman–Crippen LogP) is 2.24. The molecule has 1 heterocycles. The molecule has 0 saturated heterocycles. The lowest BCUT2D eigenvalue weighted by atomic mass is 9.98. The van der Waals surface area contributed by atoms with E-state index in [1.54, 1.807) is 6.20 Å². The molecule has 0 spiro atoms. The van der Waals surface area contributed by atoms with E-state index >= 15 is 0 Å². The minimum absolute atomic E-state index is 0.104. The van der Waals surface area contributed by atoms with Crippen molar-refractivity contribution >= 4 is 11.6 Å². The molecule has 1 saturated carbocycles. The Morgan fingerprint density at radius 2 is 2.22 bits per heavy atom. The first-order valence-electron chi connectivity index (χ1n) is 6.64. The second-order valence-corrected chi connectivity index (χ2v) is 5.17. The highest BCUT2D eigenvalue weighted by Gasteiger charge is 2.22. The SMILES string of the molecule is Cc1ccc(NC(=O)C(N)CC2CCCC2)cn1. The fourth-order valence-corrected chi connectivity index (χ4v) is 2.49. The highest BCUT2D eigenvalue weighted by Crippen LogP contribution is 2.28. The van der Waals surface area contributed by atoms with Gasteiger partial charge in [0.15, 0.2) is 0 Å². The third kappa shape index (κ3) is 3.53. The number of aromatic nitrogens is 1. The molecular weight excluding hydrogens is 226 g/mol. The van der Waals surface area contributed by atoms with Gasteiger partial charge in [0.2, 0.25) is 5.91 Å². The Hall–Kier alpha value is -1.42. The molecule has 0 radical (unpaired) electrons. The average molecular weight is 247 g/mol. The van der Waals surface area contributed by atoms with Gasteiger partial charge in [0, 0.05) is 5.69 Å². The summed E-state index contributed by atoms with van der Waals surface area (Å²) < 4.78 is 0. The minimum Gasteiger partial charge on any atom is -0.323 e. The van der Waals surface area contributed by atoms with E-state index in [1.807, 2.05) is 19.1 Å². The largest absolute Gasteiger partial charge is 0.323 e. The van der Waals surface area contributed by atoms with Gasteiger partial charge in [-0.15, -0.1) is 0 Å². The molecule has 0 aromatic carbocycles. The molecule has 0 aliphatic heterocycles. The molecule has 1 unspecified atom stereocenters. The van der Waals surface area contributed by atoms with E-state index in [0.717, 1.165) is 12.1 Å². The normalized spacial score (nSPS) is 17.7. The number of anilines is 1. The highest BCUT2D eigenvalue weighted by atomic mass is 16.2. The standard InChI is InChI=1S/C14H21N3O/c1-10-6-7-12(9-16-10)17-14(18)13(15)8-11-4-2-3-5-11/h6-7,9,11,13H,2-5,8,15H2,1H3,(H,17,18). The molecular formula is C14H21N3O. The first kappa shape index (κ1) is 13.0. The predicted molar refractivity (Wildman–Crippen MR) is 72.2 cm³/mol. The monoisotopic (exact) mass is 247 g/mol. The molecule has 0 bridgehead atoms. The molecule has 1 aromatic heterocycles. The zero-order valence-corrected chi connectivity index (χ0v) is 10.9.